The Kier molecular flexibility index (Phi) is 5.40. The van der Waals surface area contributed by atoms with E-state index in [1.54, 1.807) is 6.07 Å². The minimum Gasteiger partial charge on any atom is -0.508 e. The van der Waals surface area contributed by atoms with Gasteiger partial charge in [0.05, 0.1) is 16.7 Å². The third kappa shape index (κ3) is 3.44. The number of phenolic OH excluding ortho intramolecular Hbond substituents is 1. The van der Waals surface area contributed by atoms with Crippen LogP contribution in [0.25, 0.3) is 33.1 Å². The highest BCUT2D eigenvalue weighted by molar-refractivity contribution is 5.98. The number of guanidine groups is 1. The van der Waals surface area contributed by atoms with Crippen molar-refractivity contribution in [3.8, 4) is 17.0 Å². The van der Waals surface area contributed by atoms with Crippen molar-refractivity contribution in [3.05, 3.63) is 65.6 Å². The maximum Gasteiger partial charge on any atom is 0.213 e. The number of rotatable bonds is 1. The quantitative estimate of drug-likeness (QED) is 0.296. The second kappa shape index (κ2) is 7.92. The average Bonchev–Trinajstić information content (AvgIpc) is 3.13. The van der Waals surface area contributed by atoms with Crippen LogP contribution in [0.4, 0.5) is 0 Å². The summed E-state index contributed by atoms with van der Waals surface area (Å²) in [7, 11) is 0. The van der Waals surface area contributed by atoms with Gasteiger partial charge in [0.15, 0.2) is 0 Å². The fraction of sp³-hybridized carbons (Fsp3) is 0.136. The van der Waals surface area contributed by atoms with E-state index >= 15 is 0 Å². The molecule has 0 aliphatic carbocycles. The molecule has 4 aromatic rings. The predicted molar refractivity (Wildman–Crippen MR) is 114 cm³/mol. The van der Waals surface area contributed by atoms with Crippen molar-refractivity contribution in [2.75, 3.05) is 0 Å². The van der Waals surface area contributed by atoms with Crippen LogP contribution in [0.2, 0.25) is 0 Å². The summed E-state index contributed by atoms with van der Waals surface area (Å²) in [6.07, 6.45) is 1.82. The van der Waals surface area contributed by atoms with Gasteiger partial charge in [0.25, 0.3) is 0 Å². The summed E-state index contributed by atoms with van der Waals surface area (Å²) in [5, 5.41) is 19.7. The van der Waals surface area contributed by atoms with Gasteiger partial charge >= 0.3 is 0 Å². The number of aromatic amines is 1. The smallest absolute Gasteiger partial charge is 0.213 e. The molecular formula is C22H23N5O. The molecule has 0 saturated heterocycles. The molecule has 0 bridgehead atoms. The molecule has 0 atom stereocenters. The van der Waals surface area contributed by atoms with Crippen LogP contribution in [0.5, 0.6) is 5.75 Å². The van der Waals surface area contributed by atoms with E-state index in [2.05, 4.69) is 9.98 Å². The van der Waals surface area contributed by atoms with Crippen molar-refractivity contribution in [2.45, 2.75) is 20.8 Å². The Morgan fingerprint density at radius 2 is 1.86 bits per heavy atom. The van der Waals surface area contributed by atoms with E-state index in [0.29, 0.717) is 5.36 Å². The second-order valence-corrected chi connectivity index (χ2v) is 6.09. The average molecular weight is 373 g/mol. The molecule has 0 unspecified atom stereocenters. The summed E-state index contributed by atoms with van der Waals surface area (Å²) < 4.78 is 0. The summed E-state index contributed by atoms with van der Waals surface area (Å²) in [4.78, 5) is 12.3. The lowest BCUT2D eigenvalue weighted by Gasteiger charge is -2.04. The summed E-state index contributed by atoms with van der Waals surface area (Å²) in [6, 6.07) is 15.0. The lowest BCUT2D eigenvalue weighted by Crippen LogP contribution is -2.13. The molecule has 2 aromatic heterocycles. The number of fused-ring (bicyclic) bond motifs is 2. The first-order valence-corrected chi connectivity index (χ1v) is 9.13. The van der Waals surface area contributed by atoms with Crippen molar-refractivity contribution in [1.82, 2.24) is 9.97 Å². The first kappa shape index (κ1) is 19.1. The van der Waals surface area contributed by atoms with Crippen molar-refractivity contribution in [1.29, 1.82) is 5.41 Å². The van der Waals surface area contributed by atoms with Gasteiger partial charge in [-0.2, -0.15) is 0 Å². The van der Waals surface area contributed by atoms with Gasteiger partial charge in [0.2, 0.25) is 5.96 Å². The first-order chi connectivity index (χ1) is 13.5. The fourth-order valence-corrected chi connectivity index (χ4v) is 3.11. The standard InChI is InChI=1S/C20H17N5O.C2H6/c1-11-10-12(6-7-16(11)26)17-14-8-9-23-18(14)19(25-20(21)22)13-4-2-3-5-15(13)24-17;1-2/h2-10,23,26H,1H3,(H3,21,22);1-2H3/b25-19-;. The highest BCUT2D eigenvalue weighted by atomic mass is 16.3. The number of para-hydroxylation sites is 1. The number of nitrogens with zero attached hydrogens (tertiary/aromatic N) is 2. The van der Waals surface area contributed by atoms with E-state index in [0.717, 1.165) is 38.6 Å². The highest BCUT2D eigenvalue weighted by Gasteiger charge is 2.11. The van der Waals surface area contributed by atoms with E-state index in [9.17, 15) is 5.11 Å². The van der Waals surface area contributed by atoms with Crippen LogP contribution in [-0.2, 0) is 0 Å². The van der Waals surface area contributed by atoms with E-state index in [1.807, 2.05) is 69.4 Å². The Morgan fingerprint density at radius 3 is 2.57 bits per heavy atom. The lowest BCUT2D eigenvalue weighted by molar-refractivity contribution is 0.471. The number of phenols is 1. The second-order valence-electron chi connectivity index (χ2n) is 6.09. The van der Waals surface area contributed by atoms with Crippen molar-refractivity contribution < 1.29 is 5.11 Å². The van der Waals surface area contributed by atoms with Crippen molar-refractivity contribution in [3.63, 3.8) is 0 Å². The van der Waals surface area contributed by atoms with Gasteiger partial charge in [-0.1, -0.05) is 32.0 Å². The summed E-state index contributed by atoms with van der Waals surface area (Å²) in [5.74, 6) is -0.0178. The molecular weight excluding hydrogens is 350 g/mol. The van der Waals surface area contributed by atoms with Crippen LogP contribution in [-0.4, -0.2) is 21.0 Å². The van der Waals surface area contributed by atoms with Gasteiger partial charge in [-0.3, -0.25) is 5.41 Å². The number of hydrogen-bond donors (Lipinski definition) is 4. The number of nitrogens with two attached hydrogens (primary N) is 1. The number of aryl methyl sites for hydroxylation is 1. The molecule has 5 N–H and O–H groups in total. The SMILES string of the molecule is CC.Cc1cc(-c2nc3ccccc3/c(=N/C(=N)N)c3[nH]ccc23)ccc1O. The van der Waals surface area contributed by atoms with Gasteiger partial charge in [-0.25, -0.2) is 9.98 Å². The molecule has 0 spiro atoms. The molecule has 0 fully saturated rings. The Bertz CT molecular complexity index is 1240. The molecule has 28 heavy (non-hydrogen) atoms. The molecule has 0 aliphatic rings. The molecule has 0 amide bonds. The number of nitrogens with one attached hydrogen (secondary N) is 2. The topological polar surface area (TPSA) is 111 Å². The maximum absolute atomic E-state index is 9.85. The van der Waals surface area contributed by atoms with Gasteiger partial charge in [-0.15, -0.1) is 0 Å². The zero-order valence-corrected chi connectivity index (χ0v) is 16.1. The predicted octanol–water partition coefficient (Wildman–Crippen LogP) is 4.22. The Hall–Kier alpha value is -3.67. The van der Waals surface area contributed by atoms with Crippen LogP contribution in [0.1, 0.15) is 19.4 Å². The minimum atomic E-state index is -0.265. The van der Waals surface area contributed by atoms with Gasteiger partial charge in [0.1, 0.15) is 11.1 Å². The molecule has 0 aliphatic heterocycles. The Labute approximate surface area is 162 Å². The van der Waals surface area contributed by atoms with Crippen LogP contribution >= 0.6 is 0 Å². The van der Waals surface area contributed by atoms with E-state index in [-0.39, 0.29) is 11.7 Å². The zero-order valence-electron chi connectivity index (χ0n) is 16.1. The van der Waals surface area contributed by atoms with Gasteiger partial charge < -0.3 is 15.8 Å². The third-order valence-electron chi connectivity index (χ3n) is 4.33. The van der Waals surface area contributed by atoms with Gasteiger partial charge in [-0.05, 0) is 42.8 Å². The molecule has 6 nitrogen and oxygen atoms in total. The fourth-order valence-electron chi connectivity index (χ4n) is 3.11. The lowest BCUT2D eigenvalue weighted by atomic mass is 10.1. The molecule has 2 heterocycles. The molecule has 0 saturated carbocycles. The Morgan fingerprint density at radius 1 is 1.11 bits per heavy atom. The van der Waals surface area contributed by atoms with E-state index < -0.39 is 0 Å². The Balaban J connectivity index is 0.00000109. The first-order valence-electron chi connectivity index (χ1n) is 9.13. The number of benzene rings is 2. The third-order valence-corrected chi connectivity index (χ3v) is 4.33. The zero-order chi connectivity index (χ0) is 20.3. The summed E-state index contributed by atoms with van der Waals surface area (Å²) >= 11 is 0. The molecule has 2 aromatic carbocycles. The van der Waals surface area contributed by atoms with E-state index in [1.165, 1.54) is 0 Å². The van der Waals surface area contributed by atoms with E-state index in [4.69, 9.17) is 16.1 Å². The number of hydrogen-bond acceptors (Lipinski definition) is 3. The largest absolute Gasteiger partial charge is 0.508 e. The normalized spacial score (nSPS) is 11.3. The van der Waals surface area contributed by atoms with Crippen molar-refractivity contribution >= 4 is 27.8 Å². The number of H-pyrrole nitrogens is 1. The van der Waals surface area contributed by atoms with Gasteiger partial charge in [0, 0.05) is 22.5 Å². The molecule has 6 heteroatoms. The molecule has 4 rings (SSSR count). The number of aromatic hydroxyl groups is 1. The van der Waals surface area contributed by atoms with Crippen LogP contribution < -0.4 is 11.1 Å². The van der Waals surface area contributed by atoms with Crippen LogP contribution in [0.3, 0.4) is 0 Å². The summed E-state index contributed by atoms with van der Waals surface area (Å²) in [5.41, 5.74) is 9.50. The van der Waals surface area contributed by atoms with Crippen molar-refractivity contribution in [2.24, 2.45) is 10.7 Å². The monoisotopic (exact) mass is 373 g/mol. The highest BCUT2D eigenvalue weighted by Crippen LogP contribution is 2.29. The number of aromatic nitrogens is 2. The molecule has 0 radical (unpaired) electrons. The maximum atomic E-state index is 9.85. The van der Waals surface area contributed by atoms with Crippen LogP contribution in [0.15, 0.2) is 59.7 Å². The minimum absolute atomic E-state index is 0.247. The molecule has 142 valence electrons. The summed E-state index contributed by atoms with van der Waals surface area (Å²) in [6.45, 7) is 5.85. The van der Waals surface area contributed by atoms with Crippen LogP contribution in [0, 0.1) is 12.3 Å².